The molecule has 0 radical (unpaired) electrons. The van der Waals surface area contributed by atoms with Gasteiger partial charge in [0.15, 0.2) is 0 Å². The van der Waals surface area contributed by atoms with Crippen LogP contribution in [0.1, 0.15) is 9.88 Å². The zero-order valence-corrected chi connectivity index (χ0v) is 10.7. The van der Waals surface area contributed by atoms with Crippen LogP contribution in [-0.4, -0.2) is 21.2 Å². The molecule has 0 aliphatic rings. The normalized spacial score (nSPS) is 10.4. The Morgan fingerprint density at radius 3 is 2.94 bits per heavy atom. The van der Waals surface area contributed by atoms with Crippen molar-refractivity contribution in [3.05, 3.63) is 28.5 Å². The number of thiazole rings is 1. The minimum atomic E-state index is 0.712. The standard InChI is InChI=1S/C10H12N4S2/c1-7-4-12-10(16-7)5-11-8-3-9(15-2)14-6-13-8/h3-4,6H,5H2,1-2H3,(H,11,13,14). The van der Waals surface area contributed by atoms with Gasteiger partial charge in [-0.15, -0.1) is 23.1 Å². The summed E-state index contributed by atoms with van der Waals surface area (Å²) in [4.78, 5) is 13.8. The second-order valence-electron chi connectivity index (χ2n) is 3.16. The minimum Gasteiger partial charge on any atom is -0.363 e. The summed E-state index contributed by atoms with van der Waals surface area (Å²) in [6, 6.07) is 1.94. The number of rotatable bonds is 4. The summed E-state index contributed by atoms with van der Waals surface area (Å²) in [5, 5.41) is 5.27. The number of thioether (sulfide) groups is 1. The highest BCUT2D eigenvalue weighted by Gasteiger charge is 2.00. The highest BCUT2D eigenvalue weighted by atomic mass is 32.2. The molecule has 84 valence electrons. The molecular weight excluding hydrogens is 240 g/mol. The van der Waals surface area contributed by atoms with Crippen LogP contribution < -0.4 is 5.32 Å². The van der Waals surface area contributed by atoms with Gasteiger partial charge in [-0.3, -0.25) is 0 Å². The predicted octanol–water partition coefficient (Wildman–Crippen LogP) is 2.58. The van der Waals surface area contributed by atoms with Crippen molar-refractivity contribution in [2.24, 2.45) is 0 Å². The Hall–Kier alpha value is -1.14. The van der Waals surface area contributed by atoms with Gasteiger partial charge in [0.05, 0.1) is 6.54 Å². The molecule has 0 saturated heterocycles. The quantitative estimate of drug-likeness (QED) is 0.669. The number of hydrogen-bond acceptors (Lipinski definition) is 6. The first-order valence-electron chi connectivity index (χ1n) is 4.79. The van der Waals surface area contributed by atoms with Crippen LogP contribution in [0.15, 0.2) is 23.6 Å². The lowest BCUT2D eigenvalue weighted by Crippen LogP contribution is -2.01. The maximum Gasteiger partial charge on any atom is 0.130 e. The van der Waals surface area contributed by atoms with Crippen LogP contribution in [0.2, 0.25) is 0 Å². The van der Waals surface area contributed by atoms with Gasteiger partial charge in [-0.25, -0.2) is 15.0 Å². The van der Waals surface area contributed by atoms with Crippen molar-refractivity contribution >= 4 is 28.9 Å². The molecule has 0 unspecified atom stereocenters. The largest absolute Gasteiger partial charge is 0.363 e. The highest BCUT2D eigenvalue weighted by molar-refractivity contribution is 7.98. The van der Waals surface area contributed by atoms with Gasteiger partial charge in [-0.2, -0.15) is 0 Å². The Kier molecular flexibility index (Phi) is 3.74. The molecule has 0 fully saturated rings. The van der Waals surface area contributed by atoms with Crippen LogP contribution in [-0.2, 0) is 6.54 Å². The van der Waals surface area contributed by atoms with Gasteiger partial charge >= 0.3 is 0 Å². The van der Waals surface area contributed by atoms with Crippen molar-refractivity contribution in [2.45, 2.75) is 18.5 Å². The van der Waals surface area contributed by atoms with Crippen LogP contribution in [0.25, 0.3) is 0 Å². The monoisotopic (exact) mass is 252 g/mol. The first kappa shape index (κ1) is 11.3. The summed E-state index contributed by atoms with van der Waals surface area (Å²) < 4.78 is 0. The van der Waals surface area contributed by atoms with Gasteiger partial charge in [-0.1, -0.05) is 0 Å². The van der Waals surface area contributed by atoms with E-state index >= 15 is 0 Å². The predicted molar refractivity (Wildman–Crippen MR) is 68.0 cm³/mol. The third-order valence-corrected chi connectivity index (χ3v) is 3.50. The average Bonchev–Trinajstić information content (AvgIpc) is 2.73. The zero-order valence-electron chi connectivity index (χ0n) is 9.10. The van der Waals surface area contributed by atoms with E-state index in [0.29, 0.717) is 6.54 Å². The molecule has 16 heavy (non-hydrogen) atoms. The lowest BCUT2D eigenvalue weighted by molar-refractivity contribution is 1.01. The second-order valence-corrected chi connectivity index (χ2v) is 5.31. The molecule has 1 N–H and O–H groups in total. The van der Waals surface area contributed by atoms with Gasteiger partial charge in [-0.05, 0) is 13.2 Å². The Balaban J connectivity index is 1.99. The van der Waals surface area contributed by atoms with Crippen molar-refractivity contribution < 1.29 is 0 Å². The fourth-order valence-electron chi connectivity index (χ4n) is 1.20. The average molecular weight is 252 g/mol. The van der Waals surface area contributed by atoms with E-state index in [1.54, 1.807) is 29.4 Å². The Morgan fingerprint density at radius 1 is 1.38 bits per heavy atom. The highest BCUT2D eigenvalue weighted by Crippen LogP contribution is 2.16. The van der Waals surface area contributed by atoms with Crippen LogP contribution >= 0.6 is 23.1 Å². The van der Waals surface area contributed by atoms with Crippen LogP contribution in [0.3, 0.4) is 0 Å². The molecule has 0 aliphatic heterocycles. The maximum atomic E-state index is 4.28. The van der Waals surface area contributed by atoms with Crippen LogP contribution in [0.4, 0.5) is 5.82 Å². The van der Waals surface area contributed by atoms with E-state index in [-0.39, 0.29) is 0 Å². The molecule has 4 nitrogen and oxygen atoms in total. The maximum absolute atomic E-state index is 4.28. The summed E-state index contributed by atoms with van der Waals surface area (Å²) in [5.41, 5.74) is 0. The molecular formula is C10H12N4S2. The molecule has 0 bridgehead atoms. The lowest BCUT2D eigenvalue weighted by atomic mass is 10.5. The van der Waals surface area contributed by atoms with Gasteiger partial charge in [0.1, 0.15) is 22.2 Å². The van der Waals surface area contributed by atoms with E-state index in [2.05, 4.69) is 27.2 Å². The first-order chi connectivity index (χ1) is 7.78. The molecule has 6 heteroatoms. The summed E-state index contributed by atoms with van der Waals surface area (Å²) in [5.74, 6) is 0.840. The van der Waals surface area contributed by atoms with E-state index in [1.165, 1.54) is 4.88 Å². The molecule has 0 amide bonds. The second kappa shape index (κ2) is 5.27. The zero-order chi connectivity index (χ0) is 11.4. The topological polar surface area (TPSA) is 50.7 Å². The van der Waals surface area contributed by atoms with Crippen molar-refractivity contribution in [3.63, 3.8) is 0 Å². The van der Waals surface area contributed by atoms with Crippen LogP contribution in [0, 0.1) is 6.92 Å². The molecule has 0 spiro atoms. The third-order valence-electron chi connectivity index (χ3n) is 1.94. The fraction of sp³-hybridized carbons (Fsp3) is 0.300. The molecule has 0 aromatic carbocycles. The number of anilines is 1. The Labute approximate surface area is 103 Å². The molecule has 2 heterocycles. The minimum absolute atomic E-state index is 0.712. The van der Waals surface area contributed by atoms with Crippen molar-refractivity contribution in [2.75, 3.05) is 11.6 Å². The summed E-state index contributed by atoms with van der Waals surface area (Å²) >= 11 is 3.30. The van der Waals surface area contributed by atoms with E-state index < -0.39 is 0 Å². The van der Waals surface area contributed by atoms with Gasteiger partial charge in [0, 0.05) is 17.1 Å². The lowest BCUT2D eigenvalue weighted by Gasteiger charge is -2.03. The summed E-state index contributed by atoms with van der Waals surface area (Å²) in [7, 11) is 0. The number of aryl methyl sites for hydroxylation is 1. The van der Waals surface area contributed by atoms with Gasteiger partial charge in [0.2, 0.25) is 0 Å². The van der Waals surface area contributed by atoms with E-state index in [4.69, 9.17) is 0 Å². The SMILES string of the molecule is CSc1cc(NCc2ncc(C)s2)ncn1. The molecule has 2 rings (SSSR count). The van der Waals surface area contributed by atoms with Crippen molar-refractivity contribution in [3.8, 4) is 0 Å². The summed E-state index contributed by atoms with van der Waals surface area (Å²) in [6.45, 7) is 2.76. The van der Waals surface area contributed by atoms with E-state index in [9.17, 15) is 0 Å². The number of aromatic nitrogens is 3. The molecule has 2 aromatic rings. The number of nitrogens with one attached hydrogen (secondary N) is 1. The van der Waals surface area contributed by atoms with Crippen molar-refractivity contribution in [1.29, 1.82) is 0 Å². The molecule has 0 atom stereocenters. The number of nitrogens with zero attached hydrogens (tertiary/aromatic N) is 3. The molecule has 0 saturated carbocycles. The van der Waals surface area contributed by atoms with Gasteiger partial charge in [0.25, 0.3) is 0 Å². The first-order valence-corrected chi connectivity index (χ1v) is 6.83. The molecule has 2 aromatic heterocycles. The smallest absolute Gasteiger partial charge is 0.130 e. The Morgan fingerprint density at radius 2 is 2.25 bits per heavy atom. The van der Waals surface area contributed by atoms with Gasteiger partial charge < -0.3 is 5.32 Å². The Bertz CT molecular complexity index is 469. The number of hydrogen-bond donors (Lipinski definition) is 1. The fourth-order valence-corrected chi connectivity index (χ4v) is 2.31. The molecule has 0 aliphatic carbocycles. The van der Waals surface area contributed by atoms with E-state index in [1.807, 2.05) is 18.5 Å². The third kappa shape index (κ3) is 2.93. The van der Waals surface area contributed by atoms with Crippen molar-refractivity contribution in [1.82, 2.24) is 15.0 Å². The van der Waals surface area contributed by atoms with Crippen LogP contribution in [0.5, 0.6) is 0 Å². The van der Waals surface area contributed by atoms with E-state index in [0.717, 1.165) is 15.9 Å². The summed E-state index contributed by atoms with van der Waals surface area (Å²) in [6.07, 6.45) is 5.45.